The van der Waals surface area contributed by atoms with E-state index in [1.165, 1.54) is 18.0 Å². The normalized spacial score (nSPS) is 26.6. The summed E-state index contributed by atoms with van der Waals surface area (Å²) in [5, 5.41) is 3.97. The summed E-state index contributed by atoms with van der Waals surface area (Å²) >= 11 is 1.35. The molecule has 3 rings (SSSR count). The number of nitrogens with two attached hydrogens (primary N) is 1. The third kappa shape index (κ3) is 2.61. The summed E-state index contributed by atoms with van der Waals surface area (Å²) in [5.74, 6) is 0.960. The van der Waals surface area contributed by atoms with E-state index in [1.807, 2.05) is 0 Å². The van der Waals surface area contributed by atoms with E-state index >= 15 is 0 Å². The van der Waals surface area contributed by atoms with E-state index in [0.29, 0.717) is 29.4 Å². The van der Waals surface area contributed by atoms with Crippen LogP contribution in [0.3, 0.4) is 0 Å². The second-order valence-electron chi connectivity index (χ2n) is 6.18. The first-order valence-corrected chi connectivity index (χ1v) is 8.16. The Morgan fingerprint density at radius 3 is 2.80 bits per heavy atom. The number of nitrogens with one attached hydrogen (secondary N) is 1. The molecule has 0 radical (unpaired) electrons. The van der Waals surface area contributed by atoms with Gasteiger partial charge >= 0.3 is 0 Å². The van der Waals surface area contributed by atoms with Crippen molar-refractivity contribution in [1.29, 1.82) is 0 Å². The Kier molecular flexibility index (Phi) is 3.58. The van der Waals surface area contributed by atoms with Gasteiger partial charge in [0, 0.05) is 18.6 Å². The topological polar surface area (TPSA) is 71.2 Å². The second kappa shape index (κ2) is 5.24. The predicted molar refractivity (Wildman–Crippen MR) is 82.2 cm³/mol. The van der Waals surface area contributed by atoms with Crippen molar-refractivity contribution in [2.45, 2.75) is 51.6 Å². The number of hydrogen-bond acceptors (Lipinski definition) is 5. The SMILES string of the molecule is CC1CCC(C)N(c2snc(N)c2C(=O)NC2CC2)C1. The molecule has 2 atom stereocenters. The third-order valence-electron chi connectivity index (χ3n) is 4.22. The highest BCUT2D eigenvalue weighted by Crippen LogP contribution is 2.36. The number of aromatic nitrogens is 1. The average Bonchev–Trinajstić information content (AvgIpc) is 3.13. The number of hydrogen-bond donors (Lipinski definition) is 2. The maximum atomic E-state index is 12.4. The maximum absolute atomic E-state index is 12.4. The highest BCUT2D eigenvalue weighted by molar-refractivity contribution is 7.11. The van der Waals surface area contributed by atoms with Gasteiger partial charge in [-0.15, -0.1) is 0 Å². The summed E-state index contributed by atoms with van der Waals surface area (Å²) in [4.78, 5) is 14.7. The Morgan fingerprint density at radius 2 is 2.10 bits per heavy atom. The van der Waals surface area contributed by atoms with Crippen LogP contribution in [-0.2, 0) is 0 Å². The molecule has 110 valence electrons. The maximum Gasteiger partial charge on any atom is 0.258 e. The lowest BCUT2D eigenvalue weighted by molar-refractivity contribution is 0.0952. The van der Waals surface area contributed by atoms with E-state index in [0.717, 1.165) is 30.8 Å². The molecule has 2 aliphatic rings. The van der Waals surface area contributed by atoms with E-state index in [-0.39, 0.29) is 5.91 Å². The molecule has 1 saturated heterocycles. The number of piperidine rings is 1. The van der Waals surface area contributed by atoms with Gasteiger partial charge in [0.05, 0.1) is 0 Å². The van der Waals surface area contributed by atoms with Crippen LogP contribution in [0.15, 0.2) is 0 Å². The van der Waals surface area contributed by atoms with Crippen LogP contribution < -0.4 is 16.0 Å². The fourth-order valence-corrected chi connectivity index (χ4v) is 3.68. The molecule has 2 fully saturated rings. The summed E-state index contributed by atoms with van der Waals surface area (Å²) in [7, 11) is 0. The van der Waals surface area contributed by atoms with E-state index in [4.69, 9.17) is 5.73 Å². The first-order chi connectivity index (χ1) is 9.56. The zero-order chi connectivity index (χ0) is 14.3. The number of carbonyl (C=O) groups excluding carboxylic acids is 1. The first-order valence-electron chi connectivity index (χ1n) is 7.39. The van der Waals surface area contributed by atoms with Crippen molar-refractivity contribution in [3.63, 3.8) is 0 Å². The third-order valence-corrected chi connectivity index (χ3v) is 5.12. The lowest BCUT2D eigenvalue weighted by atomic mass is 9.95. The van der Waals surface area contributed by atoms with Crippen LogP contribution in [0, 0.1) is 5.92 Å². The van der Waals surface area contributed by atoms with Crippen molar-refractivity contribution in [2.24, 2.45) is 5.92 Å². The Hall–Kier alpha value is -1.30. The van der Waals surface area contributed by atoms with E-state index in [9.17, 15) is 4.79 Å². The molecule has 6 heteroatoms. The van der Waals surface area contributed by atoms with Gasteiger partial charge in [0.1, 0.15) is 10.6 Å². The number of nitrogens with zero attached hydrogens (tertiary/aromatic N) is 2. The van der Waals surface area contributed by atoms with Crippen LogP contribution in [0.25, 0.3) is 0 Å². The van der Waals surface area contributed by atoms with Gasteiger partial charge in [-0.1, -0.05) is 6.92 Å². The number of nitrogen functional groups attached to an aromatic ring is 1. The van der Waals surface area contributed by atoms with Gasteiger partial charge in [-0.2, -0.15) is 4.37 Å². The Labute approximate surface area is 123 Å². The van der Waals surface area contributed by atoms with Crippen LogP contribution in [0.2, 0.25) is 0 Å². The quantitative estimate of drug-likeness (QED) is 0.897. The molecule has 0 spiro atoms. The summed E-state index contributed by atoms with van der Waals surface area (Å²) in [6, 6.07) is 0.783. The fourth-order valence-electron chi connectivity index (χ4n) is 2.76. The van der Waals surface area contributed by atoms with Gasteiger partial charge in [-0.25, -0.2) is 0 Å². The Morgan fingerprint density at radius 1 is 1.35 bits per heavy atom. The molecule has 0 aromatic carbocycles. The van der Waals surface area contributed by atoms with Crippen molar-refractivity contribution < 1.29 is 4.79 Å². The van der Waals surface area contributed by atoms with Crippen molar-refractivity contribution in [1.82, 2.24) is 9.69 Å². The molecule has 5 nitrogen and oxygen atoms in total. The van der Waals surface area contributed by atoms with Crippen molar-refractivity contribution >= 4 is 28.3 Å². The number of carbonyl (C=O) groups is 1. The summed E-state index contributed by atoms with van der Waals surface area (Å²) in [6.45, 7) is 5.45. The summed E-state index contributed by atoms with van der Waals surface area (Å²) in [6.07, 6.45) is 4.56. The predicted octanol–water partition coefficient (Wildman–Crippen LogP) is 2.24. The molecular formula is C14H22N4OS. The molecule has 1 aliphatic heterocycles. The molecule has 3 N–H and O–H groups in total. The van der Waals surface area contributed by atoms with Crippen molar-refractivity contribution in [3.05, 3.63) is 5.56 Å². The van der Waals surface area contributed by atoms with Crippen LogP contribution in [0.1, 0.15) is 49.9 Å². The molecule has 20 heavy (non-hydrogen) atoms. The number of amides is 1. The largest absolute Gasteiger partial charge is 0.382 e. The lowest BCUT2D eigenvalue weighted by Crippen LogP contribution is -2.41. The van der Waals surface area contributed by atoms with Gasteiger partial charge in [0.2, 0.25) is 0 Å². The Balaban J connectivity index is 1.86. The van der Waals surface area contributed by atoms with E-state index in [1.54, 1.807) is 0 Å². The molecule has 1 aliphatic carbocycles. The number of rotatable bonds is 3. The van der Waals surface area contributed by atoms with Gasteiger partial charge < -0.3 is 16.0 Å². The van der Waals surface area contributed by atoms with E-state index in [2.05, 4.69) is 28.4 Å². The highest BCUT2D eigenvalue weighted by atomic mass is 32.1. The molecule has 1 saturated carbocycles. The average molecular weight is 294 g/mol. The fraction of sp³-hybridized carbons (Fsp3) is 0.714. The standard InChI is InChI=1S/C14H22N4OS/c1-8-3-4-9(2)18(7-8)14-11(12(15)17-20-14)13(19)16-10-5-6-10/h8-10H,3-7H2,1-2H3,(H2,15,17)(H,16,19). The van der Waals surface area contributed by atoms with Crippen LogP contribution in [-0.4, -0.2) is 28.9 Å². The van der Waals surface area contributed by atoms with Gasteiger partial charge in [-0.3, -0.25) is 4.79 Å². The van der Waals surface area contributed by atoms with Crippen LogP contribution in [0.5, 0.6) is 0 Å². The second-order valence-corrected chi connectivity index (χ2v) is 6.93. The molecule has 1 aromatic heterocycles. The minimum Gasteiger partial charge on any atom is -0.382 e. The zero-order valence-corrected chi connectivity index (χ0v) is 12.9. The molecule has 1 amide bonds. The first kappa shape index (κ1) is 13.7. The molecular weight excluding hydrogens is 272 g/mol. The van der Waals surface area contributed by atoms with Crippen LogP contribution >= 0.6 is 11.5 Å². The zero-order valence-electron chi connectivity index (χ0n) is 12.1. The molecule has 2 unspecified atom stereocenters. The molecule has 2 heterocycles. The van der Waals surface area contributed by atoms with Gasteiger partial charge in [0.25, 0.3) is 5.91 Å². The minimum absolute atomic E-state index is 0.0563. The monoisotopic (exact) mass is 294 g/mol. The number of anilines is 2. The molecule has 1 aromatic rings. The molecule has 0 bridgehead atoms. The minimum atomic E-state index is -0.0563. The summed E-state index contributed by atoms with van der Waals surface area (Å²) in [5.41, 5.74) is 6.52. The highest BCUT2D eigenvalue weighted by Gasteiger charge is 2.32. The summed E-state index contributed by atoms with van der Waals surface area (Å²) < 4.78 is 4.22. The smallest absolute Gasteiger partial charge is 0.258 e. The van der Waals surface area contributed by atoms with Crippen molar-refractivity contribution in [2.75, 3.05) is 17.2 Å². The Bertz CT molecular complexity index is 511. The van der Waals surface area contributed by atoms with E-state index < -0.39 is 0 Å². The lowest BCUT2D eigenvalue weighted by Gasteiger charge is -2.37. The van der Waals surface area contributed by atoms with Gasteiger partial charge in [0.15, 0.2) is 5.82 Å². The van der Waals surface area contributed by atoms with Crippen LogP contribution in [0.4, 0.5) is 10.8 Å². The van der Waals surface area contributed by atoms with Gasteiger partial charge in [-0.05, 0) is 50.1 Å². The van der Waals surface area contributed by atoms with Crippen molar-refractivity contribution in [3.8, 4) is 0 Å².